The number of carbonyl (C=O) groups excluding carboxylic acids is 5. The third kappa shape index (κ3) is 5.63. The second kappa shape index (κ2) is 12.3. The minimum atomic E-state index is -1.22. The van der Waals surface area contributed by atoms with Gasteiger partial charge in [0.2, 0.25) is 17.7 Å². The van der Waals surface area contributed by atoms with Gasteiger partial charge in [-0.05, 0) is 77.6 Å². The van der Waals surface area contributed by atoms with Crippen LogP contribution in [-0.4, -0.2) is 71.3 Å². The summed E-state index contributed by atoms with van der Waals surface area (Å²) in [4.78, 5) is 67.2. The average Bonchev–Trinajstić information content (AvgIpc) is 3.51. The molecule has 11 nitrogen and oxygen atoms in total. The Bertz CT molecular complexity index is 1280. The number of amides is 4. The largest absolute Gasteiger partial charge is 0.448 e. The Morgan fingerprint density at radius 2 is 1.84 bits per heavy atom. The van der Waals surface area contributed by atoms with Gasteiger partial charge in [-0.15, -0.1) is 0 Å². The molecular weight excluding hydrogens is 550 g/mol. The van der Waals surface area contributed by atoms with Gasteiger partial charge in [0.05, 0.1) is 11.5 Å². The van der Waals surface area contributed by atoms with Crippen LogP contribution in [0.15, 0.2) is 24.3 Å². The topological polar surface area (TPSA) is 146 Å². The van der Waals surface area contributed by atoms with Gasteiger partial charge in [0.1, 0.15) is 12.1 Å². The van der Waals surface area contributed by atoms with E-state index in [1.807, 2.05) is 40.7 Å². The first-order valence-electron chi connectivity index (χ1n) is 15.4. The van der Waals surface area contributed by atoms with Crippen LogP contribution in [-0.2, 0) is 35.3 Å². The summed E-state index contributed by atoms with van der Waals surface area (Å²) in [5.74, 6) is -1.45. The summed E-state index contributed by atoms with van der Waals surface area (Å²) >= 11 is 0. The monoisotopic (exact) mass is 597 g/mol. The number of fused-ring (bicyclic) bond motifs is 2. The molecule has 4 N–H and O–H groups in total. The fraction of sp³-hybridized carbons (Fsp3) is 0.656. The fourth-order valence-electron chi connectivity index (χ4n) is 6.81. The van der Waals surface area contributed by atoms with Gasteiger partial charge in [0.25, 0.3) is 5.91 Å². The molecule has 1 aliphatic carbocycles. The molecular formula is C32H47N5O6. The average molecular weight is 598 g/mol. The Kier molecular flexibility index (Phi) is 9.25. The molecule has 0 spiro atoms. The van der Waals surface area contributed by atoms with Crippen LogP contribution in [0.1, 0.15) is 85.6 Å². The maximum Gasteiger partial charge on any atom is 0.313 e. The zero-order valence-electron chi connectivity index (χ0n) is 26.5. The maximum absolute atomic E-state index is 13.6. The quantitative estimate of drug-likeness (QED) is 0.287. The first-order valence-corrected chi connectivity index (χ1v) is 15.4. The number of nitrogens with zero attached hydrogens (tertiary/aromatic N) is 1. The Morgan fingerprint density at radius 1 is 1.12 bits per heavy atom. The number of ether oxygens (including phenoxy) is 1. The van der Waals surface area contributed by atoms with Gasteiger partial charge in [0.15, 0.2) is 5.60 Å². The van der Waals surface area contributed by atoms with E-state index in [9.17, 15) is 24.0 Å². The summed E-state index contributed by atoms with van der Waals surface area (Å²) in [6.07, 6.45) is 3.47. The normalized spacial score (nSPS) is 28.6. The van der Waals surface area contributed by atoms with Gasteiger partial charge < -0.3 is 30.9 Å². The van der Waals surface area contributed by atoms with E-state index in [1.165, 1.54) is 0 Å². The molecule has 0 aromatic heterocycles. The summed E-state index contributed by atoms with van der Waals surface area (Å²) in [6.45, 7) is 11.5. The molecule has 2 aliphatic heterocycles. The Morgan fingerprint density at radius 3 is 2.44 bits per heavy atom. The third-order valence-electron chi connectivity index (χ3n) is 10.3. The van der Waals surface area contributed by atoms with E-state index in [4.69, 9.17) is 4.74 Å². The molecule has 236 valence electrons. The highest BCUT2D eigenvalue weighted by Crippen LogP contribution is 2.65. The van der Waals surface area contributed by atoms with Crippen molar-refractivity contribution in [3.05, 3.63) is 29.8 Å². The molecule has 1 aromatic rings. The van der Waals surface area contributed by atoms with Gasteiger partial charge in [-0.3, -0.25) is 24.0 Å². The standard InChI is InChI=1S/C32H47N5O6/c1-8-10-23(36-25(38)20(3)33-7)27(40)37-19(2)13-14-24(37)26(39)34-18-21-11-9-12-22(17-21)35-28(41)32-16-15-31(6,29(42)43-32)30(32,4)5/h9,11-12,17,19-20,23-24,33H,8,10,13-16,18H2,1-7H3,(H,34,39)(H,35,41)(H,36,38)/t19-,20-,23-,24-,31?,32?/m0/s1. The van der Waals surface area contributed by atoms with Crippen LogP contribution in [0.4, 0.5) is 5.69 Å². The van der Waals surface area contributed by atoms with E-state index in [2.05, 4.69) is 21.3 Å². The van der Waals surface area contributed by atoms with Gasteiger partial charge in [-0.25, -0.2) is 0 Å². The molecule has 6 atom stereocenters. The van der Waals surface area contributed by atoms with Crippen molar-refractivity contribution in [2.24, 2.45) is 10.8 Å². The molecule has 43 heavy (non-hydrogen) atoms. The SMILES string of the molecule is CCC[C@H](NC(=O)[C@H](C)NC)C(=O)N1[C@@H](C)CC[C@H]1C(=O)NCc1cccc(NC(=O)C23CCC(C)(C(=O)O2)C3(C)C)c1. The number of esters is 1. The molecule has 3 aliphatic rings. The van der Waals surface area contributed by atoms with Crippen LogP contribution in [0.2, 0.25) is 0 Å². The number of benzene rings is 1. The van der Waals surface area contributed by atoms with Crippen molar-refractivity contribution in [3.63, 3.8) is 0 Å². The number of rotatable bonds is 11. The molecule has 0 radical (unpaired) electrons. The van der Waals surface area contributed by atoms with Gasteiger partial charge in [-0.2, -0.15) is 0 Å². The minimum absolute atomic E-state index is 0.134. The lowest BCUT2D eigenvalue weighted by atomic mass is 9.66. The van der Waals surface area contributed by atoms with E-state index < -0.39 is 34.6 Å². The fourth-order valence-corrected chi connectivity index (χ4v) is 6.81. The lowest BCUT2D eigenvalue weighted by molar-refractivity contribution is -0.165. The zero-order chi connectivity index (χ0) is 31.7. The van der Waals surface area contributed by atoms with E-state index in [0.29, 0.717) is 44.2 Å². The summed E-state index contributed by atoms with van der Waals surface area (Å²) in [6, 6.07) is 5.25. The predicted octanol–water partition coefficient (Wildman–Crippen LogP) is 2.64. The maximum atomic E-state index is 13.6. The van der Waals surface area contributed by atoms with Crippen molar-refractivity contribution in [3.8, 4) is 0 Å². The van der Waals surface area contributed by atoms with Crippen molar-refractivity contribution in [1.29, 1.82) is 0 Å². The van der Waals surface area contributed by atoms with Crippen molar-refractivity contribution in [2.75, 3.05) is 12.4 Å². The number of hydrogen-bond acceptors (Lipinski definition) is 7. The molecule has 1 aromatic carbocycles. The highest BCUT2D eigenvalue weighted by Gasteiger charge is 2.75. The minimum Gasteiger partial charge on any atom is -0.448 e. The van der Waals surface area contributed by atoms with Gasteiger partial charge in [-0.1, -0.05) is 39.3 Å². The Labute approximate surface area is 254 Å². The number of carbonyl (C=O) groups is 5. The second-order valence-electron chi connectivity index (χ2n) is 13.1. The number of hydrogen-bond donors (Lipinski definition) is 4. The van der Waals surface area contributed by atoms with Crippen LogP contribution in [0.5, 0.6) is 0 Å². The lowest BCUT2D eigenvalue weighted by Crippen LogP contribution is -2.56. The molecule has 4 amide bonds. The smallest absolute Gasteiger partial charge is 0.313 e. The number of likely N-dealkylation sites (N-methyl/N-ethyl adjacent to an activating group) is 1. The first kappa shape index (κ1) is 32.4. The van der Waals surface area contributed by atoms with Crippen molar-refractivity contribution in [2.45, 2.75) is 116 Å². The van der Waals surface area contributed by atoms with Crippen molar-refractivity contribution < 1.29 is 28.7 Å². The van der Waals surface area contributed by atoms with E-state index in [-0.39, 0.29) is 42.2 Å². The Hall–Kier alpha value is -3.47. The molecule has 2 saturated heterocycles. The molecule has 4 rings (SSSR count). The van der Waals surface area contributed by atoms with Crippen LogP contribution in [0.25, 0.3) is 0 Å². The number of likely N-dealkylation sites (tertiary alicyclic amines) is 1. The molecule has 11 heteroatoms. The number of anilines is 1. The molecule has 2 heterocycles. The third-order valence-corrected chi connectivity index (χ3v) is 10.3. The summed E-state index contributed by atoms with van der Waals surface area (Å²) in [5.41, 5.74) is -1.27. The van der Waals surface area contributed by atoms with Crippen LogP contribution >= 0.6 is 0 Å². The molecule has 1 saturated carbocycles. The van der Waals surface area contributed by atoms with Crippen LogP contribution in [0, 0.1) is 10.8 Å². The lowest BCUT2D eigenvalue weighted by Gasteiger charge is -2.35. The number of nitrogens with one attached hydrogen (secondary N) is 4. The predicted molar refractivity (Wildman–Crippen MR) is 162 cm³/mol. The van der Waals surface area contributed by atoms with Crippen molar-refractivity contribution >= 4 is 35.3 Å². The van der Waals surface area contributed by atoms with E-state index in [1.54, 1.807) is 37.1 Å². The second-order valence-corrected chi connectivity index (χ2v) is 13.1. The van der Waals surface area contributed by atoms with E-state index in [0.717, 1.165) is 5.56 Å². The summed E-state index contributed by atoms with van der Waals surface area (Å²) in [5, 5.41) is 11.6. The highest BCUT2D eigenvalue weighted by atomic mass is 16.6. The van der Waals surface area contributed by atoms with Gasteiger partial charge in [0, 0.05) is 23.7 Å². The molecule has 2 bridgehead atoms. The Balaban J connectivity index is 1.40. The molecule has 2 unspecified atom stereocenters. The summed E-state index contributed by atoms with van der Waals surface area (Å²) < 4.78 is 5.71. The van der Waals surface area contributed by atoms with Crippen LogP contribution < -0.4 is 21.3 Å². The van der Waals surface area contributed by atoms with Crippen molar-refractivity contribution in [1.82, 2.24) is 20.9 Å². The summed E-state index contributed by atoms with van der Waals surface area (Å²) in [7, 11) is 1.68. The highest BCUT2D eigenvalue weighted by molar-refractivity contribution is 6.03. The first-order chi connectivity index (χ1) is 20.2. The van der Waals surface area contributed by atoms with E-state index >= 15 is 0 Å². The van der Waals surface area contributed by atoms with Gasteiger partial charge >= 0.3 is 5.97 Å². The van der Waals surface area contributed by atoms with Crippen LogP contribution in [0.3, 0.4) is 0 Å². The molecule has 3 fully saturated rings. The zero-order valence-corrected chi connectivity index (χ0v) is 26.5.